The molecule has 2 rings (SSSR count). The number of aromatic nitrogens is 1. The number of carbonyl (C=O) groups is 1. The number of amides is 1. The molecule has 0 aliphatic heterocycles. The molecule has 1 saturated carbocycles. The monoisotopic (exact) mass is 252 g/mol. The molecule has 5 nitrogen and oxygen atoms in total. The molecule has 0 radical (unpaired) electrons. The second-order valence-electron chi connectivity index (χ2n) is 5.23. The lowest BCUT2D eigenvalue weighted by molar-refractivity contribution is 0.0877. The van der Waals surface area contributed by atoms with Crippen molar-refractivity contribution in [3.8, 4) is 0 Å². The van der Waals surface area contributed by atoms with Crippen LogP contribution < -0.4 is 5.32 Å². The van der Waals surface area contributed by atoms with Gasteiger partial charge in [0.1, 0.15) is 5.76 Å². The normalized spacial score (nSPS) is 18.4. The zero-order valence-corrected chi connectivity index (χ0v) is 10.9. The molecular formula is C13H20N2O3. The van der Waals surface area contributed by atoms with Crippen LogP contribution in [-0.4, -0.2) is 28.3 Å². The Labute approximate surface area is 107 Å². The van der Waals surface area contributed by atoms with Gasteiger partial charge in [0.05, 0.1) is 0 Å². The van der Waals surface area contributed by atoms with Crippen LogP contribution in [0.5, 0.6) is 0 Å². The quantitative estimate of drug-likeness (QED) is 0.810. The maximum absolute atomic E-state index is 12.0. The molecule has 1 unspecified atom stereocenters. The highest BCUT2D eigenvalue weighted by molar-refractivity contribution is 5.92. The Balaban J connectivity index is 2.01. The van der Waals surface area contributed by atoms with Gasteiger partial charge in [0.25, 0.3) is 5.91 Å². The van der Waals surface area contributed by atoms with Crippen molar-refractivity contribution in [1.29, 1.82) is 0 Å². The fourth-order valence-electron chi connectivity index (χ4n) is 1.87. The van der Waals surface area contributed by atoms with Gasteiger partial charge in [0.15, 0.2) is 5.69 Å². The molecule has 1 atom stereocenters. The van der Waals surface area contributed by atoms with Crippen molar-refractivity contribution < 1.29 is 14.4 Å². The van der Waals surface area contributed by atoms with Gasteiger partial charge < -0.3 is 14.9 Å². The second-order valence-corrected chi connectivity index (χ2v) is 5.23. The molecule has 5 heteroatoms. The van der Waals surface area contributed by atoms with E-state index in [0.717, 1.165) is 25.0 Å². The van der Waals surface area contributed by atoms with Gasteiger partial charge in [-0.1, -0.05) is 12.1 Å². The molecule has 1 aliphatic carbocycles. The third kappa shape index (κ3) is 2.90. The van der Waals surface area contributed by atoms with E-state index < -0.39 is 5.54 Å². The van der Waals surface area contributed by atoms with E-state index in [2.05, 4.69) is 10.5 Å². The lowest BCUT2D eigenvalue weighted by atomic mass is 9.95. The molecule has 2 N–H and O–H groups in total. The Kier molecular flexibility index (Phi) is 3.71. The number of nitrogens with one attached hydrogen (secondary N) is 1. The van der Waals surface area contributed by atoms with E-state index in [4.69, 9.17) is 9.63 Å². The van der Waals surface area contributed by atoms with Gasteiger partial charge in [0.2, 0.25) is 0 Å². The highest BCUT2D eigenvalue weighted by atomic mass is 16.5. The largest absolute Gasteiger partial charge is 0.396 e. The highest BCUT2D eigenvalue weighted by Gasteiger charge is 2.30. The SMILES string of the molecule is CCC(C)(CCO)NC(=O)c1cc(C2CC2)on1. The number of aliphatic hydroxyl groups excluding tert-OH is 1. The van der Waals surface area contributed by atoms with Crippen LogP contribution >= 0.6 is 0 Å². The molecule has 1 aliphatic rings. The lowest BCUT2D eigenvalue weighted by Crippen LogP contribution is -2.46. The summed E-state index contributed by atoms with van der Waals surface area (Å²) in [5.74, 6) is 1.03. The Bertz CT molecular complexity index is 426. The summed E-state index contributed by atoms with van der Waals surface area (Å²) < 4.78 is 5.16. The van der Waals surface area contributed by atoms with E-state index >= 15 is 0 Å². The van der Waals surface area contributed by atoms with Crippen LogP contribution in [0.4, 0.5) is 0 Å². The van der Waals surface area contributed by atoms with Crippen molar-refractivity contribution >= 4 is 5.91 Å². The molecule has 0 saturated heterocycles. The summed E-state index contributed by atoms with van der Waals surface area (Å²) in [7, 11) is 0. The number of aliphatic hydroxyl groups is 1. The van der Waals surface area contributed by atoms with E-state index in [0.29, 0.717) is 18.0 Å². The van der Waals surface area contributed by atoms with Crippen LogP contribution in [0.25, 0.3) is 0 Å². The number of rotatable bonds is 6. The molecule has 1 aromatic rings. The van der Waals surface area contributed by atoms with Crippen molar-refractivity contribution in [1.82, 2.24) is 10.5 Å². The molecule has 1 heterocycles. The molecule has 1 fully saturated rings. The minimum absolute atomic E-state index is 0.0523. The van der Waals surface area contributed by atoms with Crippen LogP contribution in [0.1, 0.15) is 61.7 Å². The van der Waals surface area contributed by atoms with Crippen LogP contribution in [0.2, 0.25) is 0 Å². The molecule has 1 aromatic heterocycles. The first-order valence-electron chi connectivity index (χ1n) is 6.48. The third-order valence-corrected chi connectivity index (χ3v) is 3.60. The Morgan fingerprint density at radius 2 is 2.39 bits per heavy atom. The Morgan fingerprint density at radius 3 is 2.94 bits per heavy atom. The van der Waals surface area contributed by atoms with Crippen LogP contribution in [0, 0.1) is 0 Å². The van der Waals surface area contributed by atoms with Crippen molar-refractivity contribution in [2.75, 3.05) is 6.61 Å². The average Bonchev–Trinajstić information content (AvgIpc) is 3.07. The van der Waals surface area contributed by atoms with Crippen molar-refractivity contribution in [2.45, 2.75) is 51.0 Å². The minimum Gasteiger partial charge on any atom is -0.396 e. The fourth-order valence-corrected chi connectivity index (χ4v) is 1.87. The van der Waals surface area contributed by atoms with Gasteiger partial charge in [-0.05, 0) is 32.6 Å². The standard InChI is InChI=1S/C13H20N2O3/c1-3-13(2,6-7-16)14-12(17)10-8-11(18-15-10)9-4-5-9/h8-9,16H,3-7H2,1-2H3,(H,14,17). The maximum atomic E-state index is 12.0. The molecule has 0 spiro atoms. The molecule has 0 bridgehead atoms. The van der Waals surface area contributed by atoms with E-state index in [1.54, 1.807) is 6.07 Å². The molecule has 100 valence electrons. The van der Waals surface area contributed by atoms with E-state index in [1.807, 2.05) is 13.8 Å². The summed E-state index contributed by atoms with van der Waals surface area (Å²) >= 11 is 0. The number of hydrogen-bond acceptors (Lipinski definition) is 4. The van der Waals surface area contributed by atoms with Gasteiger partial charge >= 0.3 is 0 Å². The summed E-state index contributed by atoms with van der Waals surface area (Å²) in [6.07, 6.45) is 3.52. The minimum atomic E-state index is -0.398. The summed E-state index contributed by atoms with van der Waals surface area (Å²) in [6, 6.07) is 1.72. The first-order chi connectivity index (χ1) is 8.58. The van der Waals surface area contributed by atoms with Crippen molar-refractivity contribution in [3.63, 3.8) is 0 Å². The number of nitrogens with zero attached hydrogens (tertiary/aromatic N) is 1. The summed E-state index contributed by atoms with van der Waals surface area (Å²) in [6.45, 7) is 3.95. The molecule has 1 amide bonds. The Hall–Kier alpha value is -1.36. The van der Waals surface area contributed by atoms with Crippen LogP contribution in [0.15, 0.2) is 10.6 Å². The summed E-state index contributed by atoms with van der Waals surface area (Å²) in [5, 5.41) is 15.7. The van der Waals surface area contributed by atoms with Gasteiger partial charge in [-0.15, -0.1) is 0 Å². The predicted molar refractivity (Wildman–Crippen MR) is 66.3 cm³/mol. The predicted octanol–water partition coefficient (Wildman–Crippen LogP) is 1.83. The zero-order valence-electron chi connectivity index (χ0n) is 10.9. The van der Waals surface area contributed by atoms with E-state index in [9.17, 15) is 4.79 Å². The Morgan fingerprint density at radius 1 is 1.67 bits per heavy atom. The molecular weight excluding hydrogens is 232 g/mol. The zero-order chi connectivity index (χ0) is 13.2. The van der Waals surface area contributed by atoms with Gasteiger partial charge in [-0.25, -0.2) is 0 Å². The second kappa shape index (κ2) is 5.10. The van der Waals surface area contributed by atoms with E-state index in [-0.39, 0.29) is 12.5 Å². The first-order valence-corrected chi connectivity index (χ1v) is 6.48. The highest BCUT2D eigenvalue weighted by Crippen LogP contribution is 2.40. The average molecular weight is 252 g/mol. The summed E-state index contributed by atoms with van der Waals surface area (Å²) in [4.78, 5) is 12.0. The fraction of sp³-hybridized carbons (Fsp3) is 0.692. The number of carbonyl (C=O) groups excluding carboxylic acids is 1. The smallest absolute Gasteiger partial charge is 0.273 e. The maximum Gasteiger partial charge on any atom is 0.273 e. The van der Waals surface area contributed by atoms with Gasteiger partial charge in [-0.3, -0.25) is 4.79 Å². The van der Waals surface area contributed by atoms with Gasteiger partial charge in [0, 0.05) is 24.1 Å². The molecule has 0 aromatic carbocycles. The van der Waals surface area contributed by atoms with E-state index in [1.165, 1.54) is 0 Å². The van der Waals surface area contributed by atoms with Gasteiger partial charge in [-0.2, -0.15) is 0 Å². The molecule has 18 heavy (non-hydrogen) atoms. The number of hydrogen-bond donors (Lipinski definition) is 2. The lowest BCUT2D eigenvalue weighted by Gasteiger charge is -2.28. The third-order valence-electron chi connectivity index (χ3n) is 3.60. The van der Waals surface area contributed by atoms with Crippen molar-refractivity contribution in [2.24, 2.45) is 0 Å². The first kappa shape index (κ1) is 13.1. The van der Waals surface area contributed by atoms with Crippen LogP contribution in [0.3, 0.4) is 0 Å². The van der Waals surface area contributed by atoms with Crippen LogP contribution in [-0.2, 0) is 0 Å². The summed E-state index contributed by atoms with van der Waals surface area (Å²) in [5.41, 5.74) is -0.0700. The topological polar surface area (TPSA) is 75.4 Å². The van der Waals surface area contributed by atoms with Crippen molar-refractivity contribution in [3.05, 3.63) is 17.5 Å².